The molecule has 0 saturated heterocycles. The first-order chi connectivity index (χ1) is 9.20. The van der Waals surface area contributed by atoms with E-state index in [9.17, 15) is 0 Å². The summed E-state index contributed by atoms with van der Waals surface area (Å²) in [6, 6.07) is 5.99. The highest BCUT2D eigenvalue weighted by molar-refractivity contribution is 6.30. The topological polar surface area (TPSA) is 35.2 Å². The Morgan fingerprint density at radius 3 is 2.58 bits per heavy atom. The highest BCUT2D eigenvalue weighted by Gasteiger charge is 2.21. The van der Waals surface area contributed by atoms with Crippen molar-refractivity contribution in [1.82, 2.24) is 0 Å². The lowest BCUT2D eigenvalue weighted by molar-refractivity contribution is 0.363. The van der Waals surface area contributed by atoms with Gasteiger partial charge in [0.15, 0.2) is 0 Å². The third kappa shape index (κ3) is 4.12. The molecule has 1 aromatic rings. The van der Waals surface area contributed by atoms with E-state index < -0.39 is 0 Å². The predicted octanol–water partition coefficient (Wildman–Crippen LogP) is 4.19. The minimum Gasteiger partial charge on any atom is -0.496 e. The third-order valence-corrected chi connectivity index (χ3v) is 4.44. The van der Waals surface area contributed by atoms with E-state index in [1.807, 2.05) is 18.2 Å². The summed E-state index contributed by atoms with van der Waals surface area (Å²) in [7, 11) is 1.70. The van der Waals surface area contributed by atoms with Crippen LogP contribution in [0.5, 0.6) is 5.75 Å². The molecule has 0 amide bonds. The van der Waals surface area contributed by atoms with Crippen LogP contribution in [0.3, 0.4) is 0 Å². The lowest BCUT2D eigenvalue weighted by Gasteiger charge is -2.23. The second-order valence-electron chi connectivity index (χ2n) is 5.58. The minimum atomic E-state index is 0.213. The maximum absolute atomic E-state index is 6.42. The van der Waals surface area contributed by atoms with Crippen molar-refractivity contribution in [3.8, 4) is 5.75 Å². The Morgan fingerprint density at radius 2 is 1.95 bits per heavy atom. The molecule has 1 fully saturated rings. The fourth-order valence-electron chi connectivity index (χ4n) is 3.07. The first kappa shape index (κ1) is 14.7. The van der Waals surface area contributed by atoms with Crippen LogP contribution in [0.4, 0.5) is 0 Å². The monoisotopic (exact) mass is 281 g/mol. The van der Waals surface area contributed by atoms with Crippen molar-refractivity contribution in [3.05, 3.63) is 28.8 Å². The average Bonchev–Trinajstić information content (AvgIpc) is 2.68. The van der Waals surface area contributed by atoms with Crippen LogP contribution < -0.4 is 10.5 Å². The molecule has 2 N–H and O–H groups in total. The molecule has 3 heteroatoms. The molecule has 1 atom stereocenters. The number of halogens is 1. The first-order valence-electron chi connectivity index (χ1n) is 7.28. The first-order valence-corrected chi connectivity index (χ1v) is 7.66. The molecule has 1 unspecified atom stereocenters. The average molecular weight is 282 g/mol. The summed E-state index contributed by atoms with van der Waals surface area (Å²) in [5, 5.41) is 0.754. The molecule has 2 nitrogen and oxygen atoms in total. The van der Waals surface area contributed by atoms with E-state index in [4.69, 9.17) is 22.1 Å². The molecule has 0 bridgehead atoms. The molecule has 106 valence electrons. The van der Waals surface area contributed by atoms with Crippen molar-refractivity contribution in [2.24, 2.45) is 11.7 Å². The van der Waals surface area contributed by atoms with Gasteiger partial charge in [-0.2, -0.15) is 0 Å². The lowest BCUT2D eigenvalue weighted by Crippen LogP contribution is -2.32. The Bertz CT molecular complexity index is 400. The second kappa shape index (κ2) is 7.16. The number of nitrogens with two attached hydrogens (primary N) is 1. The zero-order valence-electron chi connectivity index (χ0n) is 11.7. The Morgan fingerprint density at radius 1 is 1.26 bits per heavy atom. The van der Waals surface area contributed by atoms with E-state index >= 15 is 0 Å². The fraction of sp³-hybridized carbons (Fsp3) is 0.625. The molecular weight excluding hydrogens is 258 g/mol. The summed E-state index contributed by atoms with van der Waals surface area (Å²) in [6.07, 6.45) is 8.77. The van der Waals surface area contributed by atoms with Gasteiger partial charge in [0.2, 0.25) is 0 Å². The number of hydrogen-bond acceptors (Lipinski definition) is 2. The molecule has 1 aliphatic carbocycles. The van der Waals surface area contributed by atoms with E-state index in [0.29, 0.717) is 5.92 Å². The van der Waals surface area contributed by atoms with Crippen molar-refractivity contribution in [1.29, 1.82) is 0 Å². The molecule has 0 spiro atoms. The Hall–Kier alpha value is -0.730. The smallest absolute Gasteiger partial charge is 0.122 e. The molecule has 0 aromatic heterocycles. The number of hydrogen-bond donors (Lipinski definition) is 1. The van der Waals surface area contributed by atoms with E-state index in [0.717, 1.165) is 22.8 Å². The maximum atomic E-state index is 6.42. The summed E-state index contributed by atoms with van der Waals surface area (Å²) >= 11 is 6.07. The summed E-state index contributed by atoms with van der Waals surface area (Å²) in [4.78, 5) is 0. The zero-order valence-corrected chi connectivity index (χ0v) is 12.5. The van der Waals surface area contributed by atoms with Crippen LogP contribution in [0.25, 0.3) is 0 Å². The van der Waals surface area contributed by atoms with Crippen molar-refractivity contribution in [2.75, 3.05) is 7.11 Å². The summed E-state index contributed by atoms with van der Waals surface area (Å²) < 4.78 is 5.40. The van der Waals surface area contributed by atoms with Crippen LogP contribution in [0, 0.1) is 5.92 Å². The van der Waals surface area contributed by atoms with Crippen molar-refractivity contribution >= 4 is 11.6 Å². The zero-order chi connectivity index (χ0) is 13.7. The molecule has 0 aliphatic heterocycles. The van der Waals surface area contributed by atoms with Crippen molar-refractivity contribution in [2.45, 2.75) is 51.0 Å². The van der Waals surface area contributed by atoms with Crippen molar-refractivity contribution < 1.29 is 4.74 Å². The van der Waals surface area contributed by atoms with Crippen LogP contribution in [0.1, 0.15) is 44.1 Å². The third-order valence-electron chi connectivity index (χ3n) is 4.20. The van der Waals surface area contributed by atoms with Crippen molar-refractivity contribution in [3.63, 3.8) is 0 Å². The van der Waals surface area contributed by atoms with Gasteiger partial charge in [-0.05, 0) is 48.9 Å². The molecule has 1 aromatic carbocycles. The lowest BCUT2D eigenvalue weighted by atomic mass is 9.88. The number of benzene rings is 1. The predicted molar refractivity (Wildman–Crippen MR) is 80.9 cm³/mol. The normalized spacial score (nSPS) is 18.9. The Balaban J connectivity index is 2.04. The van der Waals surface area contributed by atoms with E-state index in [1.54, 1.807) is 7.11 Å². The van der Waals surface area contributed by atoms with Gasteiger partial charge >= 0.3 is 0 Å². The maximum Gasteiger partial charge on any atom is 0.122 e. The fourth-order valence-corrected chi connectivity index (χ4v) is 3.26. The summed E-state index contributed by atoms with van der Waals surface area (Å²) in [5.74, 6) is 1.54. The van der Waals surface area contributed by atoms with Gasteiger partial charge in [0, 0.05) is 11.1 Å². The van der Waals surface area contributed by atoms with E-state index in [-0.39, 0.29) is 6.04 Å². The van der Waals surface area contributed by atoms with Crippen LogP contribution >= 0.6 is 11.6 Å². The summed E-state index contributed by atoms with van der Waals surface area (Å²) in [6.45, 7) is 0. The Kier molecular flexibility index (Phi) is 5.53. The standard InChI is InChI=1S/C16H24ClNO/c1-19-16-9-8-14(17)10-13(16)11-15(18)12-6-4-2-3-5-7-12/h8-10,12,15H,2-7,11,18H2,1H3. The van der Waals surface area contributed by atoms with E-state index in [2.05, 4.69) is 0 Å². The van der Waals surface area contributed by atoms with Gasteiger partial charge in [0.25, 0.3) is 0 Å². The highest BCUT2D eigenvalue weighted by Crippen LogP contribution is 2.29. The minimum absolute atomic E-state index is 0.213. The molecule has 19 heavy (non-hydrogen) atoms. The second-order valence-corrected chi connectivity index (χ2v) is 6.01. The van der Waals surface area contributed by atoms with Crippen LogP contribution in [-0.2, 0) is 6.42 Å². The van der Waals surface area contributed by atoms with Gasteiger partial charge in [-0.3, -0.25) is 0 Å². The van der Waals surface area contributed by atoms with Crippen LogP contribution in [0.2, 0.25) is 5.02 Å². The molecular formula is C16H24ClNO. The van der Waals surface area contributed by atoms with Gasteiger partial charge in [-0.1, -0.05) is 37.3 Å². The van der Waals surface area contributed by atoms with E-state index in [1.165, 1.54) is 38.5 Å². The number of methoxy groups -OCH3 is 1. The quantitative estimate of drug-likeness (QED) is 0.840. The van der Waals surface area contributed by atoms with Gasteiger partial charge < -0.3 is 10.5 Å². The van der Waals surface area contributed by atoms with Crippen LogP contribution in [-0.4, -0.2) is 13.2 Å². The van der Waals surface area contributed by atoms with Gasteiger partial charge in [0.05, 0.1) is 7.11 Å². The molecule has 1 aliphatic rings. The number of ether oxygens (including phenoxy) is 1. The molecule has 0 heterocycles. The van der Waals surface area contributed by atoms with Gasteiger partial charge in [-0.15, -0.1) is 0 Å². The largest absolute Gasteiger partial charge is 0.496 e. The summed E-state index contributed by atoms with van der Waals surface area (Å²) in [5.41, 5.74) is 7.56. The molecule has 1 saturated carbocycles. The van der Waals surface area contributed by atoms with Gasteiger partial charge in [-0.25, -0.2) is 0 Å². The van der Waals surface area contributed by atoms with Crippen LogP contribution in [0.15, 0.2) is 18.2 Å². The SMILES string of the molecule is COc1ccc(Cl)cc1CC(N)C1CCCCCC1. The number of rotatable bonds is 4. The van der Waals surface area contributed by atoms with Gasteiger partial charge in [0.1, 0.15) is 5.75 Å². The molecule has 0 radical (unpaired) electrons. The highest BCUT2D eigenvalue weighted by atomic mass is 35.5. The Labute approximate surface area is 121 Å². The molecule has 2 rings (SSSR count).